The van der Waals surface area contributed by atoms with Crippen molar-refractivity contribution in [3.05, 3.63) is 24.3 Å². The minimum atomic E-state index is -0.128. The molecule has 2 unspecified atom stereocenters. The van der Waals surface area contributed by atoms with Crippen LogP contribution < -0.4 is 9.64 Å². The quantitative estimate of drug-likeness (QED) is 0.925. The Bertz CT molecular complexity index is 458. The van der Waals surface area contributed by atoms with Crippen molar-refractivity contribution in [2.24, 2.45) is 0 Å². The molecule has 2 atom stereocenters. The van der Waals surface area contributed by atoms with Crippen molar-refractivity contribution in [2.75, 3.05) is 38.2 Å². The summed E-state index contributed by atoms with van der Waals surface area (Å²) in [6, 6.07) is 8.60. The van der Waals surface area contributed by atoms with Crippen LogP contribution in [0, 0.1) is 0 Å². The van der Waals surface area contributed by atoms with Gasteiger partial charge in [0.1, 0.15) is 5.75 Å². The lowest BCUT2D eigenvalue weighted by Gasteiger charge is -2.43. The highest BCUT2D eigenvalue weighted by atomic mass is 16.5. The van der Waals surface area contributed by atoms with Crippen molar-refractivity contribution in [2.45, 2.75) is 37.8 Å². The number of hydrogen-bond acceptors (Lipinski definition) is 4. The molecule has 3 rings (SSSR count). The number of ether oxygens (including phenoxy) is 1. The van der Waals surface area contributed by atoms with Gasteiger partial charge in [0.15, 0.2) is 0 Å². The first-order valence-electron chi connectivity index (χ1n) is 8.09. The molecule has 2 aliphatic rings. The molecule has 116 valence electrons. The molecule has 0 spiro atoms. The van der Waals surface area contributed by atoms with Gasteiger partial charge in [0.2, 0.25) is 0 Å². The number of methoxy groups -OCH3 is 1. The van der Waals surface area contributed by atoms with E-state index in [-0.39, 0.29) is 6.10 Å². The fourth-order valence-electron chi connectivity index (χ4n) is 3.70. The summed E-state index contributed by atoms with van der Waals surface area (Å²) in [5.74, 6) is 0.948. The summed E-state index contributed by atoms with van der Waals surface area (Å²) in [7, 11) is 1.73. The minimum Gasteiger partial charge on any atom is -0.495 e. The average molecular weight is 290 g/mol. The predicted molar refractivity (Wildman–Crippen MR) is 85.0 cm³/mol. The fraction of sp³-hybridized carbons (Fsp3) is 0.647. The monoisotopic (exact) mass is 290 g/mol. The summed E-state index contributed by atoms with van der Waals surface area (Å²) in [4.78, 5) is 4.88. The van der Waals surface area contributed by atoms with Gasteiger partial charge in [-0.25, -0.2) is 0 Å². The van der Waals surface area contributed by atoms with Gasteiger partial charge in [-0.2, -0.15) is 0 Å². The number of benzene rings is 1. The number of aliphatic hydroxyl groups excluding tert-OH is 1. The Labute approximate surface area is 127 Å². The molecule has 1 aliphatic heterocycles. The van der Waals surface area contributed by atoms with Crippen molar-refractivity contribution in [1.82, 2.24) is 4.90 Å². The van der Waals surface area contributed by atoms with Crippen molar-refractivity contribution in [3.63, 3.8) is 0 Å². The van der Waals surface area contributed by atoms with Crippen LogP contribution in [-0.2, 0) is 0 Å². The number of para-hydroxylation sites is 2. The van der Waals surface area contributed by atoms with Gasteiger partial charge < -0.3 is 14.7 Å². The molecule has 1 aromatic carbocycles. The highest BCUT2D eigenvalue weighted by Gasteiger charge is 2.31. The standard InChI is InChI=1S/C17H26N2O2/c1-21-17-9-5-3-7-15(17)19-12-10-18(11-13-19)14-6-2-4-8-16(14)20/h3,5,7,9,14,16,20H,2,4,6,8,10-13H2,1H3. The summed E-state index contributed by atoms with van der Waals surface area (Å²) in [6.45, 7) is 4.06. The molecule has 0 aromatic heterocycles. The molecule has 0 amide bonds. The van der Waals surface area contributed by atoms with Gasteiger partial charge in [-0.3, -0.25) is 4.90 Å². The van der Waals surface area contributed by atoms with Crippen molar-refractivity contribution >= 4 is 5.69 Å². The summed E-state index contributed by atoms with van der Waals surface area (Å²) in [5.41, 5.74) is 1.18. The zero-order valence-corrected chi connectivity index (χ0v) is 12.9. The highest BCUT2D eigenvalue weighted by Crippen LogP contribution is 2.30. The van der Waals surface area contributed by atoms with Crippen LogP contribution in [0.1, 0.15) is 25.7 Å². The van der Waals surface area contributed by atoms with E-state index in [4.69, 9.17) is 4.74 Å². The molecule has 1 saturated heterocycles. The Morgan fingerprint density at radius 1 is 1.05 bits per heavy atom. The van der Waals surface area contributed by atoms with Crippen LogP contribution in [0.3, 0.4) is 0 Å². The molecule has 1 saturated carbocycles. The third-order valence-electron chi connectivity index (χ3n) is 4.90. The van der Waals surface area contributed by atoms with Crippen LogP contribution in [0.4, 0.5) is 5.69 Å². The number of hydrogen-bond donors (Lipinski definition) is 1. The van der Waals surface area contributed by atoms with Crippen LogP contribution in [-0.4, -0.2) is 55.4 Å². The van der Waals surface area contributed by atoms with E-state index in [0.717, 1.165) is 44.8 Å². The van der Waals surface area contributed by atoms with E-state index in [1.807, 2.05) is 12.1 Å². The zero-order chi connectivity index (χ0) is 14.7. The summed E-state index contributed by atoms with van der Waals surface area (Å²) >= 11 is 0. The van der Waals surface area contributed by atoms with Crippen LogP contribution in [0.2, 0.25) is 0 Å². The molecule has 1 aliphatic carbocycles. The minimum absolute atomic E-state index is 0.128. The van der Waals surface area contributed by atoms with Gasteiger partial charge >= 0.3 is 0 Å². The second-order valence-corrected chi connectivity index (χ2v) is 6.11. The lowest BCUT2D eigenvalue weighted by Crippen LogP contribution is -2.54. The second kappa shape index (κ2) is 6.67. The van der Waals surface area contributed by atoms with E-state index in [1.165, 1.54) is 18.5 Å². The third kappa shape index (κ3) is 3.16. The van der Waals surface area contributed by atoms with Gasteiger partial charge in [-0.1, -0.05) is 25.0 Å². The maximum Gasteiger partial charge on any atom is 0.142 e. The van der Waals surface area contributed by atoms with Crippen molar-refractivity contribution in [1.29, 1.82) is 0 Å². The highest BCUT2D eigenvalue weighted by molar-refractivity contribution is 5.58. The van der Waals surface area contributed by atoms with Gasteiger partial charge in [0, 0.05) is 32.2 Å². The summed E-state index contributed by atoms with van der Waals surface area (Å²) in [6.07, 6.45) is 4.43. The first kappa shape index (κ1) is 14.7. The third-order valence-corrected chi connectivity index (χ3v) is 4.90. The predicted octanol–water partition coefficient (Wildman–Crippen LogP) is 2.12. The molecule has 4 nitrogen and oxygen atoms in total. The van der Waals surface area contributed by atoms with Crippen molar-refractivity contribution in [3.8, 4) is 5.75 Å². The van der Waals surface area contributed by atoms with E-state index >= 15 is 0 Å². The maximum atomic E-state index is 10.2. The van der Waals surface area contributed by atoms with E-state index in [1.54, 1.807) is 7.11 Å². The number of piperazine rings is 1. The first-order chi connectivity index (χ1) is 10.3. The SMILES string of the molecule is COc1ccccc1N1CCN(C2CCCCC2O)CC1. The van der Waals surface area contributed by atoms with Gasteiger partial charge in [0.25, 0.3) is 0 Å². The molecule has 0 radical (unpaired) electrons. The Morgan fingerprint density at radius 3 is 2.48 bits per heavy atom. The molecule has 1 heterocycles. The molecule has 2 fully saturated rings. The van der Waals surface area contributed by atoms with Crippen LogP contribution >= 0.6 is 0 Å². The van der Waals surface area contributed by atoms with Crippen LogP contribution in [0.15, 0.2) is 24.3 Å². The lowest BCUT2D eigenvalue weighted by atomic mass is 9.91. The molecule has 0 bridgehead atoms. The Hall–Kier alpha value is -1.26. The summed E-state index contributed by atoms with van der Waals surface area (Å²) in [5, 5.41) is 10.2. The van der Waals surface area contributed by atoms with E-state index in [0.29, 0.717) is 6.04 Å². The molecule has 21 heavy (non-hydrogen) atoms. The lowest BCUT2D eigenvalue weighted by molar-refractivity contribution is 0.0173. The smallest absolute Gasteiger partial charge is 0.142 e. The maximum absolute atomic E-state index is 10.2. The number of aliphatic hydroxyl groups is 1. The molecule has 1 N–H and O–H groups in total. The largest absolute Gasteiger partial charge is 0.495 e. The van der Waals surface area contributed by atoms with E-state index in [9.17, 15) is 5.11 Å². The topological polar surface area (TPSA) is 35.9 Å². The number of anilines is 1. The molecular weight excluding hydrogens is 264 g/mol. The molecule has 4 heteroatoms. The Balaban J connectivity index is 1.62. The number of nitrogens with zero attached hydrogens (tertiary/aromatic N) is 2. The summed E-state index contributed by atoms with van der Waals surface area (Å²) < 4.78 is 5.46. The van der Waals surface area contributed by atoms with Gasteiger partial charge in [-0.05, 0) is 25.0 Å². The number of rotatable bonds is 3. The van der Waals surface area contributed by atoms with Crippen LogP contribution in [0.5, 0.6) is 5.75 Å². The zero-order valence-electron chi connectivity index (χ0n) is 12.9. The molecule has 1 aromatic rings. The average Bonchev–Trinajstić information content (AvgIpc) is 2.55. The van der Waals surface area contributed by atoms with Gasteiger partial charge in [-0.15, -0.1) is 0 Å². The fourth-order valence-corrected chi connectivity index (χ4v) is 3.70. The normalized spacial score (nSPS) is 27.6. The van der Waals surface area contributed by atoms with E-state index in [2.05, 4.69) is 21.9 Å². The van der Waals surface area contributed by atoms with Crippen LogP contribution in [0.25, 0.3) is 0 Å². The Morgan fingerprint density at radius 2 is 1.76 bits per heavy atom. The molecular formula is C17H26N2O2. The van der Waals surface area contributed by atoms with Gasteiger partial charge in [0.05, 0.1) is 18.9 Å². The Kier molecular flexibility index (Phi) is 4.66. The van der Waals surface area contributed by atoms with E-state index < -0.39 is 0 Å². The first-order valence-corrected chi connectivity index (χ1v) is 8.09. The van der Waals surface area contributed by atoms with Crippen molar-refractivity contribution < 1.29 is 9.84 Å². The second-order valence-electron chi connectivity index (χ2n) is 6.11.